The molecule has 0 aliphatic heterocycles. The zero-order chi connectivity index (χ0) is 14.3. The average molecular weight is 267 g/mol. The minimum absolute atomic E-state index is 0.157. The molecule has 19 heavy (non-hydrogen) atoms. The molecule has 1 atom stereocenters. The first-order valence-corrected chi connectivity index (χ1v) is 6.53. The molecule has 0 aromatic heterocycles. The number of ether oxygens (including phenoxy) is 1. The lowest BCUT2D eigenvalue weighted by Gasteiger charge is -2.20. The van der Waals surface area contributed by atoms with E-state index in [1.165, 1.54) is 12.1 Å². The molecule has 0 amide bonds. The van der Waals surface area contributed by atoms with E-state index in [2.05, 4.69) is 4.99 Å². The Labute approximate surface area is 114 Å². The second kappa shape index (κ2) is 7.61. The molecule has 0 saturated heterocycles. The average Bonchev–Trinajstić information content (AvgIpc) is 2.38. The van der Waals surface area contributed by atoms with Crippen molar-refractivity contribution in [3.63, 3.8) is 0 Å². The van der Waals surface area contributed by atoms with Crippen LogP contribution < -0.4 is 10.5 Å². The third kappa shape index (κ3) is 5.16. The van der Waals surface area contributed by atoms with Crippen LogP contribution in [0.5, 0.6) is 5.75 Å². The molecular weight excluding hydrogens is 245 g/mol. The van der Waals surface area contributed by atoms with E-state index in [1.54, 1.807) is 12.1 Å². The Balaban J connectivity index is 2.51. The Morgan fingerprint density at radius 1 is 1.42 bits per heavy atom. The molecule has 0 aliphatic carbocycles. The molecule has 1 rings (SSSR count). The van der Waals surface area contributed by atoms with Gasteiger partial charge in [0.25, 0.3) is 0 Å². The van der Waals surface area contributed by atoms with E-state index in [0.29, 0.717) is 18.3 Å². The van der Waals surface area contributed by atoms with Gasteiger partial charge in [-0.2, -0.15) is 0 Å². The molecule has 106 valence electrons. The first kappa shape index (κ1) is 15.3. The Hall–Kier alpha value is -1.78. The van der Waals surface area contributed by atoms with Crippen LogP contribution in [0.15, 0.2) is 29.3 Å². The van der Waals surface area contributed by atoms with Crippen molar-refractivity contribution in [3.05, 3.63) is 30.1 Å². The second-order valence-corrected chi connectivity index (χ2v) is 4.26. The highest BCUT2D eigenvalue weighted by Gasteiger charge is 2.06. The van der Waals surface area contributed by atoms with Crippen molar-refractivity contribution in [3.8, 4) is 5.75 Å². The van der Waals surface area contributed by atoms with Crippen molar-refractivity contribution in [2.75, 3.05) is 19.6 Å². The zero-order valence-corrected chi connectivity index (χ0v) is 11.8. The van der Waals surface area contributed by atoms with Crippen LogP contribution in [0.1, 0.15) is 20.8 Å². The summed E-state index contributed by atoms with van der Waals surface area (Å²) in [5, 5.41) is 0. The fraction of sp³-hybridized carbons (Fsp3) is 0.500. The molecule has 0 spiro atoms. The molecule has 1 unspecified atom stereocenters. The van der Waals surface area contributed by atoms with Gasteiger partial charge in [-0.25, -0.2) is 9.38 Å². The molecule has 1 aromatic rings. The summed E-state index contributed by atoms with van der Waals surface area (Å²) in [6.07, 6.45) is -0.157. The molecule has 0 saturated carbocycles. The van der Waals surface area contributed by atoms with Gasteiger partial charge in [0.1, 0.15) is 17.7 Å². The number of nitrogens with zero attached hydrogens (tertiary/aromatic N) is 2. The van der Waals surface area contributed by atoms with Gasteiger partial charge in [0.2, 0.25) is 0 Å². The molecule has 0 radical (unpaired) electrons. The summed E-state index contributed by atoms with van der Waals surface area (Å²) in [5.41, 5.74) is 5.87. The Morgan fingerprint density at radius 2 is 2.11 bits per heavy atom. The van der Waals surface area contributed by atoms with Crippen LogP contribution in [0.2, 0.25) is 0 Å². The zero-order valence-electron chi connectivity index (χ0n) is 11.8. The van der Waals surface area contributed by atoms with Crippen molar-refractivity contribution < 1.29 is 9.13 Å². The predicted octanol–water partition coefficient (Wildman–Crippen LogP) is 2.25. The molecule has 2 N–H and O–H groups in total. The van der Waals surface area contributed by atoms with Gasteiger partial charge in [-0.05, 0) is 32.9 Å². The van der Waals surface area contributed by atoms with Crippen LogP contribution in [-0.2, 0) is 0 Å². The van der Waals surface area contributed by atoms with Crippen LogP contribution in [0.3, 0.4) is 0 Å². The van der Waals surface area contributed by atoms with Crippen LogP contribution in [-0.4, -0.2) is 36.6 Å². The standard InChI is InChI=1S/C14H22FN3O/c1-4-18(5-2)14(16)17-10-11(3)19-13-8-6-7-12(15)9-13/h6-9,11H,4-5,10H2,1-3H3,(H2,16,17). The van der Waals surface area contributed by atoms with Gasteiger partial charge in [-0.15, -0.1) is 0 Å². The summed E-state index contributed by atoms with van der Waals surface area (Å²) in [6, 6.07) is 6.07. The maximum atomic E-state index is 13.0. The summed E-state index contributed by atoms with van der Waals surface area (Å²) in [7, 11) is 0. The largest absolute Gasteiger partial charge is 0.489 e. The van der Waals surface area contributed by atoms with Crippen LogP contribution in [0, 0.1) is 5.82 Å². The number of aliphatic imine (C=N–C) groups is 1. The second-order valence-electron chi connectivity index (χ2n) is 4.26. The van der Waals surface area contributed by atoms with Crippen LogP contribution in [0.25, 0.3) is 0 Å². The van der Waals surface area contributed by atoms with Crippen molar-refractivity contribution in [1.82, 2.24) is 4.90 Å². The summed E-state index contributed by atoms with van der Waals surface area (Å²) < 4.78 is 18.6. The van der Waals surface area contributed by atoms with Gasteiger partial charge < -0.3 is 15.4 Å². The number of hydrogen-bond acceptors (Lipinski definition) is 2. The summed E-state index contributed by atoms with van der Waals surface area (Å²) >= 11 is 0. The monoisotopic (exact) mass is 267 g/mol. The lowest BCUT2D eigenvalue weighted by Crippen LogP contribution is -2.37. The maximum Gasteiger partial charge on any atom is 0.191 e. The van der Waals surface area contributed by atoms with E-state index in [0.717, 1.165) is 13.1 Å². The molecule has 0 heterocycles. The molecular formula is C14H22FN3O. The van der Waals surface area contributed by atoms with Gasteiger partial charge in [0, 0.05) is 19.2 Å². The third-order valence-electron chi connectivity index (χ3n) is 2.73. The van der Waals surface area contributed by atoms with E-state index in [1.807, 2.05) is 25.7 Å². The van der Waals surface area contributed by atoms with Crippen LogP contribution in [0.4, 0.5) is 4.39 Å². The minimum atomic E-state index is -0.309. The van der Waals surface area contributed by atoms with E-state index in [9.17, 15) is 4.39 Å². The van der Waals surface area contributed by atoms with E-state index >= 15 is 0 Å². The Bertz CT molecular complexity index is 419. The first-order valence-electron chi connectivity index (χ1n) is 6.53. The quantitative estimate of drug-likeness (QED) is 0.635. The number of benzene rings is 1. The maximum absolute atomic E-state index is 13.0. The fourth-order valence-electron chi connectivity index (χ4n) is 1.68. The van der Waals surface area contributed by atoms with Crippen LogP contribution >= 0.6 is 0 Å². The minimum Gasteiger partial charge on any atom is -0.489 e. The predicted molar refractivity (Wildman–Crippen MR) is 75.9 cm³/mol. The number of nitrogens with two attached hydrogens (primary N) is 1. The number of guanidine groups is 1. The topological polar surface area (TPSA) is 50.8 Å². The molecule has 4 nitrogen and oxygen atoms in total. The lowest BCUT2D eigenvalue weighted by atomic mass is 10.3. The van der Waals surface area contributed by atoms with Crippen molar-refractivity contribution in [2.24, 2.45) is 10.7 Å². The highest BCUT2D eigenvalue weighted by atomic mass is 19.1. The smallest absolute Gasteiger partial charge is 0.191 e. The van der Waals surface area contributed by atoms with Gasteiger partial charge >= 0.3 is 0 Å². The molecule has 0 aliphatic rings. The Morgan fingerprint density at radius 3 is 2.68 bits per heavy atom. The number of hydrogen-bond donors (Lipinski definition) is 1. The number of halogens is 1. The Kier molecular flexibility index (Phi) is 6.12. The normalized spacial score (nSPS) is 13.2. The molecule has 1 aromatic carbocycles. The van der Waals surface area contributed by atoms with Gasteiger partial charge in [-0.1, -0.05) is 6.07 Å². The summed E-state index contributed by atoms with van der Waals surface area (Å²) in [4.78, 5) is 6.25. The molecule has 0 bridgehead atoms. The summed E-state index contributed by atoms with van der Waals surface area (Å²) in [6.45, 7) is 8.02. The van der Waals surface area contributed by atoms with E-state index in [4.69, 9.17) is 10.5 Å². The number of rotatable bonds is 6. The van der Waals surface area contributed by atoms with Gasteiger partial charge in [0.05, 0.1) is 6.54 Å². The first-order chi connectivity index (χ1) is 9.06. The molecule has 5 heteroatoms. The summed E-state index contributed by atoms with van der Waals surface area (Å²) in [5.74, 6) is 0.708. The highest BCUT2D eigenvalue weighted by Crippen LogP contribution is 2.13. The van der Waals surface area contributed by atoms with Gasteiger partial charge in [-0.3, -0.25) is 0 Å². The van der Waals surface area contributed by atoms with Crippen molar-refractivity contribution in [1.29, 1.82) is 0 Å². The fourth-order valence-corrected chi connectivity index (χ4v) is 1.68. The lowest BCUT2D eigenvalue weighted by molar-refractivity contribution is 0.229. The van der Waals surface area contributed by atoms with Crippen molar-refractivity contribution in [2.45, 2.75) is 26.9 Å². The highest BCUT2D eigenvalue weighted by molar-refractivity contribution is 5.78. The van der Waals surface area contributed by atoms with Gasteiger partial charge in [0.15, 0.2) is 5.96 Å². The molecule has 0 fully saturated rings. The third-order valence-corrected chi connectivity index (χ3v) is 2.73. The SMILES string of the molecule is CCN(CC)C(N)=NCC(C)Oc1cccc(F)c1. The van der Waals surface area contributed by atoms with E-state index in [-0.39, 0.29) is 11.9 Å². The van der Waals surface area contributed by atoms with Crippen molar-refractivity contribution >= 4 is 5.96 Å². The van der Waals surface area contributed by atoms with E-state index < -0.39 is 0 Å².